The molecule has 1 heterocycles. The van der Waals surface area contributed by atoms with Crippen molar-refractivity contribution in [2.75, 3.05) is 17.7 Å². The zero-order chi connectivity index (χ0) is 20.1. The lowest BCUT2D eigenvalue weighted by atomic mass is 10.2. The number of aromatic nitrogens is 2. The molecule has 0 radical (unpaired) electrons. The zero-order valence-corrected chi connectivity index (χ0v) is 17.7. The highest BCUT2D eigenvalue weighted by Gasteiger charge is 2.13. The van der Waals surface area contributed by atoms with E-state index in [1.807, 2.05) is 31.2 Å². The Balaban J connectivity index is 1.79. The summed E-state index contributed by atoms with van der Waals surface area (Å²) < 4.78 is 2.51. The van der Waals surface area contributed by atoms with Crippen LogP contribution in [0.25, 0.3) is 10.9 Å². The highest BCUT2D eigenvalue weighted by Crippen LogP contribution is 2.21. The number of benzene rings is 2. The summed E-state index contributed by atoms with van der Waals surface area (Å²) in [6.45, 7) is 2.28. The molecule has 3 aromatic rings. The van der Waals surface area contributed by atoms with E-state index in [1.165, 1.54) is 16.3 Å². The van der Waals surface area contributed by atoms with Crippen molar-refractivity contribution in [1.29, 1.82) is 0 Å². The minimum Gasteiger partial charge on any atom is -0.396 e. The average molecular weight is 462 g/mol. The number of aliphatic hydroxyl groups excluding tert-OH is 1. The van der Waals surface area contributed by atoms with Crippen molar-refractivity contribution >= 4 is 50.2 Å². The standard InChI is InChI=1S/C20H20BrN3O3S/c1-13-11-14(7-8-16(13)21)22-18(26)12-28-20-23-17-6-3-2-5-15(17)19(27)24(20)9-4-10-25/h2-3,5-8,11,25H,4,9-10,12H2,1H3,(H,22,26). The summed E-state index contributed by atoms with van der Waals surface area (Å²) in [6.07, 6.45) is 0.442. The number of nitrogens with one attached hydrogen (secondary N) is 1. The van der Waals surface area contributed by atoms with Crippen LogP contribution in [0.2, 0.25) is 0 Å². The normalized spacial score (nSPS) is 11.0. The van der Waals surface area contributed by atoms with Gasteiger partial charge in [0.25, 0.3) is 5.56 Å². The molecule has 0 bridgehead atoms. The first-order valence-corrected chi connectivity index (χ1v) is 10.6. The van der Waals surface area contributed by atoms with Gasteiger partial charge in [-0.25, -0.2) is 4.98 Å². The fourth-order valence-electron chi connectivity index (χ4n) is 2.73. The Morgan fingerprint density at radius 2 is 2.07 bits per heavy atom. The number of nitrogens with zero attached hydrogens (tertiary/aromatic N) is 2. The Labute approximate surface area is 175 Å². The van der Waals surface area contributed by atoms with Gasteiger partial charge in [0.2, 0.25) is 5.91 Å². The van der Waals surface area contributed by atoms with Gasteiger partial charge in [-0.2, -0.15) is 0 Å². The predicted octanol–water partition coefficient (Wildman–Crippen LogP) is 3.58. The number of aryl methyl sites for hydroxylation is 1. The molecule has 0 aliphatic rings. The van der Waals surface area contributed by atoms with Crippen molar-refractivity contribution in [2.45, 2.75) is 25.0 Å². The number of amides is 1. The maximum Gasteiger partial charge on any atom is 0.262 e. The minimum absolute atomic E-state index is 0.0211. The Hall–Kier alpha value is -2.16. The second kappa shape index (κ2) is 9.36. The third kappa shape index (κ3) is 4.81. The van der Waals surface area contributed by atoms with Crippen molar-refractivity contribution < 1.29 is 9.90 Å². The monoisotopic (exact) mass is 461 g/mol. The molecule has 0 fully saturated rings. The molecule has 28 heavy (non-hydrogen) atoms. The van der Waals surface area contributed by atoms with Gasteiger partial charge < -0.3 is 10.4 Å². The SMILES string of the molecule is Cc1cc(NC(=O)CSc2nc3ccccc3c(=O)n2CCCO)ccc1Br. The second-order valence-electron chi connectivity index (χ2n) is 6.25. The van der Waals surface area contributed by atoms with Gasteiger partial charge in [-0.15, -0.1) is 0 Å². The van der Waals surface area contributed by atoms with Crippen LogP contribution in [-0.4, -0.2) is 32.9 Å². The van der Waals surface area contributed by atoms with Gasteiger partial charge in [0.1, 0.15) is 0 Å². The summed E-state index contributed by atoms with van der Waals surface area (Å²) in [5, 5.41) is 13.0. The summed E-state index contributed by atoms with van der Waals surface area (Å²) in [4.78, 5) is 29.7. The molecule has 1 amide bonds. The number of anilines is 1. The van der Waals surface area contributed by atoms with Crippen LogP contribution in [0.15, 0.2) is 56.9 Å². The molecule has 0 aliphatic carbocycles. The number of fused-ring (bicyclic) bond motifs is 1. The van der Waals surface area contributed by atoms with Gasteiger partial charge in [0, 0.05) is 23.3 Å². The van der Waals surface area contributed by atoms with E-state index in [-0.39, 0.29) is 23.8 Å². The second-order valence-corrected chi connectivity index (χ2v) is 8.04. The molecule has 0 saturated carbocycles. The van der Waals surface area contributed by atoms with Gasteiger partial charge >= 0.3 is 0 Å². The van der Waals surface area contributed by atoms with Crippen molar-refractivity contribution in [3.05, 3.63) is 62.9 Å². The van der Waals surface area contributed by atoms with E-state index in [2.05, 4.69) is 26.2 Å². The van der Waals surface area contributed by atoms with E-state index >= 15 is 0 Å². The topological polar surface area (TPSA) is 84.2 Å². The molecule has 0 unspecified atom stereocenters. The quantitative estimate of drug-likeness (QED) is 0.414. The van der Waals surface area contributed by atoms with E-state index in [9.17, 15) is 9.59 Å². The molecule has 0 atom stereocenters. The molecule has 6 nitrogen and oxygen atoms in total. The lowest BCUT2D eigenvalue weighted by molar-refractivity contribution is -0.113. The van der Waals surface area contributed by atoms with Gasteiger partial charge in [0.15, 0.2) is 5.16 Å². The Morgan fingerprint density at radius 1 is 1.29 bits per heavy atom. The first-order chi connectivity index (χ1) is 13.5. The van der Waals surface area contributed by atoms with Crippen molar-refractivity contribution in [1.82, 2.24) is 9.55 Å². The molecule has 0 saturated heterocycles. The maximum atomic E-state index is 12.8. The van der Waals surface area contributed by atoms with Crippen molar-refractivity contribution in [3.63, 3.8) is 0 Å². The molecule has 3 rings (SSSR count). The summed E-state index contributed by atoms with van der Waals surface area (Å²) >= 11 is 4.65. The molecule has 2 N–H and O–H groups in total. The number of aliphatic hydroxyl groups is 1. The van der Waals surface area contributed by atoms with Crippen LogP contribution >= 0.6 is 27.7 Å². The molecule has 0 spiro atoms. The van der Waals surface area contributed by atoms with E-state index in [4.69, 9.17) is 5.11 Å². The summed E-state index contributed by atoms with van der Waals surface area (Å²) in [6, 6.07) is 12.7. The molecule has 0 aliphatic heterocycles. The molecular formula is C20H20BrN3O3S. The lowest BCUT2D eigenvalue weighted by Gasteiger charge is -2.13. The predicted molar refractivity (Wildman–Crippen MR) is 116 cm³/mol. The number of hydrogen-bond donors (Lipinski definition) is 2. The van der Waals surface area contributed by atoms with Crippen LogP contribution in [0.3, 0.4) is 0 Å². The van der Waals surface area contributed by atoms with Crippen molar-refractivity contribution in [3.8, 4) is 0 Å². The first kappa shape index (κ1) is 20.6. The Kier molecular flexibility index (Phi) is 6.88. The molecule has 1 aromatic heterocycles. The van der Waals surface area contributed by atoms with E-state index in [1.54, 1.807) is 18.2 Å². The van der Waals surface area contributed by atoms with Crippen LogP contribution in [-0.2, 0) is 11.3 Å². The van der Waals surface area contributed by atoms with Crippen molar-refractivity contribution in [2.24, 2.45) is 0 Å². The van der Waals surface area contributed by atoms with Crippen LogP contribution in [0, 0.1) is 6.92 Å². The fraction of sp³-hybridized carbons (Fsp3) is 0.250. The van der Waals surface area contributed by atoms with Crippen LogP contribution in [0.5, 0.6) is 0 Å². The highest BCUT2D eigenvalue weighted by atomic mass is 79.9. The number of thioether (sulfide) groups is 1. The molecule has 8 heteroatoms. The summed E-state index contributed by atoms with van der Waals surface area (Å²) in [5.41, 5.74) is 2.18. The van der Waals surface area contributed by atoms with E-state index < -0.39 is 0 Å². The van der Waals surface area contributed by atoms with Gasteiger partial charge in [-0.3, -0.25) is 14.2 Å². The summed E-state index contributed by atoms with van der Waals surface area (Å²) in [7, 11) is 0. The zero-order valence-electron chi connectivity index (χ0n) is 15.3. The average Bonchev–Trinajstić information content (AvgIpc) is 2.69. The van der Waals surface area contributed by atoms with Crippen LogP contribution in [0.1, 0.15) is 12.0 Å². The number of hydrogen-bond acceptors (Lipinski definition) is 5. The van der Waals surface area contributed by atoms with Crippen LogP contribution < -0.4 is 10.9 Å². The number of para-hydroxylation sites is 1. The lowest BCUT2D eigenvalue weighted by Crippen LogP contribution is -2.24. The van der Waals surface area contributed by atoms with Gasteiger partial charge in [-0.1, -0.05) is 39.8 Å². The third-order valence-electron chi connectivity index (χ3n) is 4.14. The van der Waals surface area contributed by atoms with Gasteiger partial charge in [-0.05, 0) is 49.2 Å². The number of halogens is 1. The molecule has 146 valence electrons. The molecule has 2 aromatic carbocycles. The van der Waals surface area contributed by atoms with E-state index in [0.717, 1.165) is 15.7 Å². The largest absolute Gasteiger partial charge is 0.396 e. The highest BCUT2D eigenvalue weighted by molar-refractivity contribution is 9.10. The van der Waals surface area contributed by atoms with Crippen LogP contribution in [0.4, 0.5) is 5.69 Å². The summed E-state index contributed by atoms with van der Waals surface area (Å²) in [5.74, 6) is -0.0539. The number of carbonyl (C=O) groups is 1. The Morgan fingerprint density at radius 3 is 2.82 bits per heavy atom. The first-order valence-electron chi connectivity index (χ1n) is 8.79. The number of rotatable bonds is 7. The third-order valence-corrected chi connectivity index (χ3v) is 6.01. The van der Waals surface area contributed by atoms with E-state index in [0.29, 0.717) is 29.0 Å². The van der Waals surface area contributed by atoms with Gasteiger partial charge in [0.05, 0.1) is 16.7 Å². The Bertz CT molecular complexity index is 1070. The maximum absolute atomic E-state index is 12.8. The molecular weight excluding hydrogens is 442 g/mol. The number of carbonyl (C=O) groups excluding carboxylic acids is 1. The smallest absolute Gasteiger partial charge is 0.262 e. The fourth-order valence-corrected chi connectivity index (χ4v) is 3.81. The minimum atomic E-state index is -0.178.